The molecular formula is C18H26N4O2S. The van der Waals surface area contributed by atoms with Crippen molar-refractivity contribution in [1.82, 2.24) is 15.3 Å². The molecule has 6 nitrogen and oxygen atoms in total. The molecule has 2 N–H and O–H groups in total. The van der Waals surface area contributed by atoms with Crippen molar-refractivity contribution in [3.63, 3.8) is 0 Å². The lowest BCUT2D eigenvalue weighted by Gasteiger charge is -2.19. The van der Waals surface area contributed by atoms with Crippen LogP contribution in [-0.4, -0.2) is 34.8 Å². The number of nitrogens with one attached hydrogen (secondary N) is 2. The molecule has 136 valence electrons. The summed E-state index contributed by atoms with van der Waals surface area (Å²) in [6.07, 6.45) is 4.27. The highest BCUT2D eigenvalue weighted by Gasteiger charge is 2.14. The van der Waals surface area contributed by atoms with Crippen molar-refractivity contribution in [2.75, 3.05) is 18.5 Å². The van der Waals surface area contributed by atoms with Gasteiger partial charge in [-0.1, -0.05) is 6.07 Å². The molecule has 0 aromatic carbocycles. The van der Waals surface area contributed by atoms with E-state index >= 15 is 0 Å². The second-order valence-corrected chi connectivity index (χ2v) is 7.61. The van der Waals surface area contributed by atoms with E-state index in [1.807, 2.05) is 44.4 Å². The van der Waals surface area contributed by atoms with Gasteiger partial charge < -0.3 is 15.4 Å². The lowest BCUT2D eigenvalue weighted by molar-refractivity contribution is 0.135. The summed E-state index contributed by atoms with van der Waals surface area (Å²) in [5.41, 5.74) is 1.52. The van der Waals surface area contributed by atoms with Crippen LogP contribution >= 0.6 is 11.3 Å². The number of amides is 1. The number of anilines is 1. The number of carbonyl (C=O) groups is 1. The average Bonchev–Trinajstić information content (AvgIpc) is 3.02. The van der Waals surface area contributed by atoms with Crippen LogP contribution in [0.2, 0.25) is 0 Å². The number of carbonyl (C=O) groups excluding carboxylic acids is 1. The average molecular weight is 362 g/mol. The monoisotopic (exact) mass is 362 g/mol. The first-order valence-electron chi connectivity index (χ1n) is 8.50. The molecule has 0 aliphatic carbocycles. The Morgan fingerprint density at radius 2 is 2.04 bits per heavy atom. The zero-order valence-corrected chi connectivity index (χ0v) is 15.9. The van der Waals surface area contributed by atoms with Crippen LogP contribution in [0.25, 0.3) is 11.4 Å². The van der Waals surface area contributed by atoms with Gasteiger partial charge in [-0.05, 0) is 52.2 Å². The highest BCUT2D eigenvalue weighted by Crippen LogP contribution is 2.22. The van der Waals surface area contributed by atoms with Crippen molar-refractivity contribution in [2.24, 2.45) is 0 Å². The third-order valence-corrected chi connectivity index (χ3v) is 4.04. The summed E-state index contributed by atoms with van der Waals surface area (Å²) < 4.78 is 5.15. The van der Waals surface area contributed by atoms with Crippen LogP contribution in [-0.2, 0) is 4.74 Å². The van der Waals surface area contributed by atoms with Crippen LogP contribution in [0.5, 0.6) is 0 Å². The van der Waals surface area contributed by atoms with E-state index in [1.165, 1.54) is 0 Å². The number of hydrogen-bond donors (Lipinski definition) is 2. The van der Waals surface area contributed by atoms with E-state index in [4.69, 9.17) is 4.74 Å². The fraction of sp³-hybridized carbons (Fsp3) is 0.500. The molecule has 0 fully saturated rings. The second-order valence-electron chi connectivity index (χ2n) is 6.75. The molecule has 2 heterocycles. The fourth-order valence-corrected chi connectivity index (χ4v) is 2.83. The maximum Gasteiger partial charge on any atom is 0.407 e. The topological polar surface area (TPSA) is 76.1 Å². The van der Waals surface area contributed by atoms with Gasteiger partial charge in [-0.2, -0.15) is 0 Å². The fourth-order valence-electron chi connectivity index (χ4n) is 2.09. The zero-order chi connectivity index (χ0) is 18.1. The van der Waals surface area contributed by atoms with E-state index in [1.54, 1.807) is 17.5 Å². The van der Waals surface area contributed by atoms with Crippen LogP contribution in [0.1, 0.15) is 40.0 Å². The van der Waals surface area contributed by atoms with Gasteiger partial charge in [0.25, 0.3) is 0 Å². The number of aromatic nitrogens is 2. The summed E-state index contributed by atoms with van der Waals surface area (Å²) in [6, 6.07) is 5.80. The normalized spacial score (nSPS) is 11.2. The van der Waals surface area contributed by atoms with Gasteiger partial charge in [0.2, 0.25) is 0 Å². The molecule has 2 aromatic rings. The standard InChI is InChI=1S/C18H26N4O2S/c1-18(2,3)22-17(23)24-12-8-4-6-11-20-16-21-15(13-25-16)14-9-5-7-10-19-14/h5,7,9-10,13H,4,6,8,11-12H2,1-3H3,(H,20,21)(H,22,23). The minimum absolute atomic E-state index is 0.261. The Kier molecular flexibility index (Phi) is 7.18. The van der Waals surface area contributed by atoms with Crippen LogP contribution in [0.3, 0.4) is 0 Å². The number of ether oxygens (including phenoxy) is 1. The first-order chi connectivity index (χ1) is 11.9. The predicted molar refractivity (Wildman–Crippen MR) is 102 cm³/mol. The van der Waals surface area contributed by atoms with Crippen LogP contribution in [0.15, 0.2) is 29.8 Å². The number of hydrogen-bond acceptors (Lipinski definition) is 6. The quantitative estimate of drug-likeness (QED) is 0.684. The van der Waals surface area contributed by atoms with E-state index in [0.29, 0.717) is 6.61 Å². The molecule has 0 spiro atoms. The molecule has 2 aromatic heterocycles. The van der Waals surface area contributed by atoms with Crippen LogP contribution in [0, 0.1) is 0 Å². The molecule has 0 bridgehead atoms. The second kappa shape index (κ2) is 9.36. The molecule has 0 unspecified atom stereocenters. The van der Waals surface area contributed by atoms with Crippen LogP contribution in [0.4, 0.5) is 9.93 Å². The number of thiazole rings is 1. The van der Waals surface area contributed by atoms with Crippen molar-refractivity contribution in [2.45, 2.75) is 45.6 Å². The SMILES string of the molecule is CC(C)(C)NC(=O)OCCCCCNc1nc(-c2ccccn2)cs1. The smallest absolute Gasteiger partial charge is 0.407 e. The summed E-state index contributed by atoms with van der Waals surface area (Å²) in [7, 11) is 0. The number of rotatable bonds is 8. The molecule has 2 rings (SSSR count). The van der Waals surface area contributed by atoms with Crippen molar-refractivity contribution >= 4 is 22.6 Å². The summed E-state index contributed by atoms with van der Waals surface area (Å²) in [5.74, 6) is 0. The highest BCUT2D eigenvalue weighted by atomic mass is 32.1. The molecule has 0 aliphatic heterocycles. The predicted octanol–water partition coefficient (Wildman–Crippen LogP) is 4.31. The summed E-state index contributed by atoms with van der Waals surface area (Å²) >= 11 is 1.58. The molecule has 0 saturated carbocycles. The van der Waals surface area contributed by atoms with E-state index in [2.05, 4.69) is 20.6 Å². The Balaban J connectivity index is 1.57. The molecule has 0 saturated heterocycles. The highest BCUT2D eigenvalue weighted by molar-refractivity contribution is 7.14. The molecular weight excluding hydrogens is 336 g/mol. The van der Waals surface area contributed by atoms with Gasteiger partial charge >= 0.3 is 6.09 Å². The molecule has 25 heavy (non-hydrogen) atoms. The third kappa shape index (κ3) is 7.51. The Morgan fingerprint density at radius 3 is 2.76 bits per heavy atom. The van der Waals surface area contributed by atoms with Crippen molar-refractivity contribution < 1.29 is 9.53 Å². The maximum atomic E-state index is 11.5. The number of nitrogens with zero attached hydrogens (tertiary/aromatic N) is 2. The minimum Gasteiger partial charge on any atom is -0.450 e. The summed E-state index contributed by atoms with van der Waals surface area (Å²) in [6.45, 7) is 7.08. The van der Waals surface area contributed by atoms with Gasteiger partial charge in [-0.15, -0.1) is 11.3 Å². The van der Waals surface area contributed by atoms with Gasteiger partial charge in [-0.3, -0.25) is 4.98 Å². The lowest BCUT2D eigenvalue weighted by Crippen LogP contribution is -2.41. The van der Waals surface area contributed by atoms with Gasteiger partial charge in [0.15, 0.2) is 5.13 Å². The zero-order valence-electron chi connectivity index (χ0n) is 15.0. The first kappa shape index (κ1) is 19.2. The number of unbranched alkanes of at least 4 members (excludes halogenated alkanes) is 2. The Hall–Kier alpha value is -2.15. The van der Waals surface area contributed by atoms with E-state index in [-0.39, 0.29) is 11.6 Å². The molecule has 0 atom stereocenters. The van der Waals surface area contributed by atoms with Gasteiger partial charge in [0.05, 0.1) is 12.3 Å². The third-order valence-electron chi connectivity index (χ3n) is 3.24. The molecule has 0 radical (unpaired) electrons. The number of alkyl carbamates (subject to hydrolysis) is 1. The van der Waals surface area contributed by atoms with E-state index in [0.717, 1.165) is 42.3 Å². The van der Waals surface area contributed by atoms with Gasteiger partial charge in [-0.25, -0.2) is 9.78 Å². The number of pyridine rings is 1. The summed E-state index contributed by atoms with van der Waals surface area (Å²) in [5, 5.41) is 9.01. The van der Waals surface area contributed by atoms with E-state index in [9.17, 15) is 4.79 Å². The van der Waals surface area contributed by atoms with E-state index < -0.39 is 0 Å². The van der Waals surface area contributed by atoms with Crippen molar-refractivity contribution in [3.05, 3.63) is 29.8 Å². The Labute approximate surface area is 153 Å². The minimum atomic E-state index is -0.351. The summed E-state index contributed by atoms with van der Waals surface area (Å²) in [4.78, 5) is 20.3. The Morgan fingerprint density at radius 1 is 1.20 bits per heavy atom. The first-order valence-corrected chi connectivity index (χ1v) is 9.38. The molecule has 7 heteroatoms. The maximum absolute atomic E-state index is 11.5. The van der Waals surface area contributed by atoms with Crippen molar-refractivity contribution in [1.29, 1.82) is 0 Å². The largest absolute Gasteiger partial charge is 0.450 e. The Bertz CT molecular complexity index is 653. The molecule has 0 aliphatic rings. The van der Waals surface area contributed by atoms with Crippen LogP contribution < -0.4 is 10.6 Å². The molecule has 1 amide bonds. The van der Waals surface area contributed by atoms with Gasteiger partial charge in [0.1, 0.15) is 5.69 Å². The van der Waals surface area contributed by atoms with Gasteiger partial charge in [0, 0.05) is 23.7 Å². The van der Waals surface area contributed by atoms with Crippen molar-refractivity contribution in [3.8, 4) is 11.4 Å². The lowest BCUT2D eigenvalue weighted by atomic mass is 10.1.